The Bertz CT molecular complexity index is 700. The Morgan fingerprint density at radius 3 is 2.44 bits per heavy atom. The van der Waals surface area contributed by atoms with Crippen molar-refractivity contribution >= 4 is 28.3 Å². The van der Waals surface area contributed by atoms with E-state index in [0.717, 1.165) is 13.1 Å². The zero-order valence-corrected chi connectivity index (χ0v) is 17.5. The van der Waals surface area contributed by atoms with Gasteiger partial charge in [0.05, 0.1) is 4.90 Å². The van der Waals surface area contributed by atoms with Crippen LogP contribution in [-0.4, -0.2) is 62.8 Å². The first kappa shape index (κ1) is 22.1. The van der Waals surface area contributed by atoms with E-state index in [0.29, 0.717) is 49.3 Å². The number of benzene rings is 1. The molecule has 0 bridgehead atoms. The molecule has 0 aliphatic carbocycles. The molecule has 1 amide bonds. The first-order valence-electron chi connectivity index (χ1n) is 9.52. The van der Waals surface area contributed by atoms with Crippen LogP contribution in [0, 0.1) is 11.8 Å². The van der Waals surface area contributed by atoms with Crippen molar-refractivity contribution in [3.05, 3.63) is 30.3 Å². The Morgan fingerprint density at radius 1 is 1.19 bits per heavy atom. The second kappa shape index (κ2) is 9.87. The van der Waals surface area contributed by atoms with Crippen LogP contribution in [0.15, 0.2) is 35.2 Å². The van der Waals surface area contributed by atoms with Crippen molar-refractivity contribution in [2.75, 3.05) is 39.3 Å². The zero-order chi connectivity index (χ0) is 18.6. The van der Waals surface area contributed by atoms with Gasteiger partial charge in [0, 0.05) is 32.6 Å². The Balaban J connectivity index is 0.00000261. The molecule has 3 rings (SSSR count). The SMILES string of the molecule is CC(CC(=O)N1CCN(S(=O)(=O)c2ccccc2)CC1)C1CCCNC1.Cl. The minimum atomic E-state index is -3.46. The summed E-state index contributed by atoms with van der Waals surface area (Å²) in [6, 6.07) is 8.50. The van der Waals surface area contributed by atoms with E-state index in [4.69, 9.17) is 0 Å². The predicted molar refractivity (Wildman–Crippen MR) is 108 cm³/mol. The van der Waals surface area contributed by atoms with Crippen LogP contribution in [0.5, 0.6) is 0 Å². The second-order valence-corrected chi connectivity index (χ2v) is 9.32. The molecule has 0 spiro atoms. The van der Waals surface area contributed by atoms with Crippen LogP contribution in [0.25, 0.3) is 0 Å². The minimum Gasteiger partial charge on any atom is -0.340 e. The lowest BCUT2D eigenvalue weighted by molar-refractivity contribution is -0.133. The fourth-order valence-corrected chi connectivity index (χ4v) is 5.30. The minimum absolute atomic E-state index is 0. The van der Waals surface area contributed by atoms with Crippen LogP contribution in [0.2, 0.25) is 0 Å². The van der Waals surface area contributed by atoms with Crippen molar-refractivity contribution in [3.8, 4) is 0 Å². The van der Waals surface area contributed by atoms with Crippen LogP contribution in [-0.2, 0) is 14.8 Å². The topological polar surface area (TPSA) is 69.7 Å². The summed E-state index contributed by atoms with van der Waals surface area (Å²) in [5.74, 6) is 1.08. The Labute approximate surface area is 168 Å². The molecular formula is C19H30ClN3O3S. The van der Waals surface area contributed by atoms with Crippen molar-refractivity contribution in [2.45, 2.75) is 31.1 Å². The van der Waals surface area contributed by atoms with Crippen LogP contribution in [0.4, 0.5) is 0 Å². The molecule has 6 nitrogen and oxygen atoms in total. The Kier molecular flexibility index (Phi) is 8.09. The van der Waals surface area contributed by atoms with E-state index in [9.17, 15) is 13.2 Å². The van der Waals surface area contributed by atoms with Gasteiger partial charge in [0.2, 0.25) is 15.9 Å². The van der Waals surface area contributed by atoms with Crippen molar-refractivity contribution in [3.63, 3.8) is 0 Å². The van der Waals surface area contributed by atoms with Gasteiger partial charge < -0.3 is 10.2 Å². The normalized spacial score (nSPS) is 22.7. The van der Waals surface area contributed by atoms with Gasteiger partial charge in [-0.2, -0.15) is 4.31 Å². The fourth-order valence-electron chi connectivity index (χ4n) is 3.86. The van der Waals surface area contributed by atoms with Crippen molar-refractivity contribution < 1.29 is 13.2 Å². The lowest BCUT2D eigenvalue weighted by Gasteiger charge is -2.35. The number of nitrogens with one attached hydrogen (secondary N) is 1. The summed E-state index contributed by atoms with van der Waals surface area (Å²) in [5.41, 5.74) is 0. The van der Waals surface area contributed by atoms with Crippen molar-refractivity contribution in [2.24, 2.45) is 11.8 Å². The van der Waals surface area contributed by atoms with E-state index in [1.165, 1.54) is 17.1 Å². The third kappa shape index (κ3) is 5.44. The van der Waals surface area contributed by atoms with Gasteiger partial charge in [-0.25, -0.2) is 8.42 Å². The van der Waals surface area contributed by atoms with Crippen LogP contribution in [0.3, 0.4) is 0 Å². The molecule has 2 aliphatic heterocycles. The standard InChI is InChI=1S/C19H29N3O3S.ClH/c1-16(17-6-5-9-20-15-17)14-19(23)21-10-12-22(13-11-21)26(24,25)18-7-3-2-4-8-18;/h2-4,7-8,16-17,20H,5-6,9-15H2,1H3;1H. The van der Waals surface area contributed by atoms with Crippen LogP contribution < -0.4 is 5.32 Å². The fraction of sp³-hybridized carbons (Fsp3) is 0.632. The molecule has 0 radical (unpaired) electrons. The molecule has 2 atom stereocenters. The largest absolute Gasteiger partial charge is 0.340 e. The summed E-state index contributed by atoms with van der Waals surface area (Å²) in [4.78, 5) is 14.8. The summed E-state index contributed by atoms with van der Waals surface area (Å²) in [5, 5.41) is 3.41. The number of piperidine rings is 1. The van der Waals surface area contributed by atoms with Gasteiger partial charge in [0.25, 0.3) is 0 Å². The van der Waals surface area contributed by atoms with Gasteiger partial charge in [-0.1, -0.05) is 25.1 Å². The predicted octanol–water partition coefficient (Wildman–Crippen LogP) is 1.97. The molecule has 2 aliphatic rings. The van der Waals surface area contributed by atoms with Gasteiger partial charge in [-0.3, -0.25) is 4.79 Å². The number of hydrogen-bond acceptors (Lipinski definition) is 4. The maximum absolute atomic E-state index is 12.7. The van der Waals surface area contributed by atoms with Gasteiger partial charge >= 0.3 is 0 Å². The van der Waals surface area contributed by atoms with E-state index in [1.807, 2.05) is 4.90 Å². The van der Waals surface area contributed by atoms with Gasteiger partial charge in [0.1, 0.15) is 0 Å². The molecule has 152 valence electrons. The molecule has 27 heavy (non-hydrogen) atoms. The van der Waals surface area contributed by atoms with E-state index in [-0.39, 0.29) is 18.3 Å². The highest BCUT2D eigenvalue weighted by atomic mass is 35.5. The summed E-state index contributed by atoms with van der Waals surface area (Å²) >= 11 is 0. The number of nitrogens with zero attached hydrogens (tertiary/aromatic N) is 2. The number of carbonyl (C=O) groups excluding carboxylic acids is 1. The number of sulfonamides is 1. The van der Waals surface area contributed by atoms with Crippen molar-refractivity contribution in [1.29, 1.82) is 0 Å². The summed E-state index contributed by atoms with van der Waals surface area (Å²) < 4.78 is 26.8. The number of halogens is 1. The van der Waals surface area contributed by atoms with Crippen molar-refractivity contribution in [1.82, 2.24) is 14.5 Å². The monoisotopic (exact) mass is 415 g/mol. The molecule has 1 aromatic rings. The lowest BCUT2D eigenvalue weighted by atomic mass is 9.85. The highest BCUT2D eigenvalue weighted by Gasteiger charge is 2.31. The molecule has 2 heterocycles. The van der Waals surface area contributed by atoms with E-state index < -0.39 is 10.0 Å². The molecule has 2 unspecified atom stereocenters. The molecule has 2 fully saturated rings. The van der Waals surface area contributed by atoms with E-state index in [1.54, 1.807) is 30.3 Å². The van der Waals surface area contributed by atoms with E-state index >= 15 is 0 Å². The van der Waals surface area contributed by atoms with Gasteiger partial charge in [-0.05, 0) is 49.9 Å². The molecule has 0 saturated carbocycles. The maximum atomic E-state index is 12.7. The van der Waals surface area contributed by atoms with E-state index in [2.05, 4.69) is 12.2 Å². The highest BCUT2D eigenvalue weighted by molar-refractivity contribution is 7.89. The molecule has 8 heteroatoms. The first-order valence-corrected chi connectivity index (χ1v) is 11.0. The third-order valence-corrected chi connectivity index (χ3v) is 7.52. The quantitative estimate of drug-likeness (QED) is 0.798. The summed E-state index contributed by atoms with van der Waals surface area (Å²) in [7, 11) is -3.46. The number of hydrogen-bond donors (Lipinski definition) is 1. The average molecular weight is 416 g/mol. The number of carbonyl (C=O) groups is 1. The zero-order valence-electron chi connectivity index (χ0n) is 15.8. The number of rotatable bonds is 5. The molecular weight excluding hydrogens is 386 g/mol. The smallest absolute Gasteiger partial charge is 0.243 e. The summed E-state index contributed by atoms with van der Waals surface area (Å²) in [6.45, 7) is 5.91. The first-order chi connectivity index (χ1) is 12.5. The highest BCUT2D eigenvalue weighted by Crippen LogP contribution is 2.24. The average Bonchev–Trinajstić information content (AvgIpc) is 2.69. The summed E-state index contributed by atoms with van der Waals surface area (Å²) in [6.07, 6.45) is 2.92. The lowest BCUT2D eigenvalue weighted by Crippen LogP contribution is -2.51. The second-order valence-electron chi connectivity index (χ2n) is 7.39. The molecule has 0 aromatic heterocycles. The molecule has 1 N–H and O–H groups in total. The third-order valence-electron chi connectivity index (χ3n) is 5.61. The number of amides is 1. The maximum Gasteiger partial charge on any atom is 0.243 e. The molecule has 2 saturated heterocycles. The van der Waals surface area contributed by atoms with Crippen LogP contribution >= 0.6 is 12.4 Å². The van der Waals surface area contributed by atoms with Crippen LogP contribution in [0.1, 0.15) is 26.2 Å². The number of piperazine rings is 1. The van der Waals surface area contributed by atoms with Gasteiger partial charge in [-0.15, -0.1) is 12.4 Å². The Hall–Kier alpha value is -1.15. The molecule has 1 aromatic carbocycles. The Morgan fingerprint density at radius 2 is 1.85 bits per heavy atom. The van der Waals surface area contributed by atoms with Gasteiger partial charge in [0.15, 0.2) is 0 Å².